The fraction of sp³-hybridized carbons (Fsp3) is 0.160. The molecular weight excluding hydrogens is 548 g/mol. The topological polar surface area (TPSA) is 55.8 Å². The second kappa shape index (κ2) is 10.7. The van der Waals surface area contributed by atoms with Gasteiger partial charge in [-0.25, -0.2) is 4.79 Å². The number of carboxylic acid groups (broad SMARTS) is 1. The molecule has 0 amide bonds. The average Bonchev–Trinajstić information content (AvgIpc) is 2.76. The van der Waals surface area contributed by atoms with Gasteiger partial charge in [-0.15, -0.1) is 0 Å². The highest BCUT2D eigenvalue weighted by molar-refractivity contribution is 14.1. The van der Waals surface area contributed by atoms with Gasteiger partial charge >= 0.3 is 12.1 Å². The van der Waals surface area contributed by atoms with Crippen molar-refractivity contribution in [3.8, 4) is 11.5 Å². The van der Waals surface area contributed by atoms with Crippen LogP contribution in [-0.2, 0) is 11.0 Å². The third-order valence-electron chi connectivity index (χ3n) is 4.69. The molecule has 0 saturated heterocycles. The molecule has 0 aliphatic heterocycles. The average molecular weight is 568 g/mol. The number of carboxylic acids is 1. The van der Waals surface area contributed by atoms with Crippen LogP contribution < -0.4 is 9.47 Å². The number of aliphatic carboxylic acids is 1. The van der Waals surface area contributed by atoms with Crippen molar-refractivity contribution >= 4 is 34.1 Å². The molecule has 1 N–H and O–H groups in total. The number of alkyl halides is 3. The van der Waals surface area contributed by atoms with Crippen LogP contribution in [0.1, 0.15) is 22.3 Å². The normalized spacial score (nSPS) is 11.8. The van der Waals surface area contributed by atoms with Crippen molar-refractivity contribution in [2.45, 2.75) is 13.1 Å². The predicted molar refractivity (Wildman–Crippen MR) is 127 cm³/mol. The molecule has 0 aliphatic carbocycles. The van der Waals surface area contributed by atoms with Gasteiger partial charge in [-0.2, -0.15) is 13.2 Å². The lowest BCUT2D eigenvalue weighted by Gasteiger charge is -2.13. The summed E-state index contributed by atoms with van der Waals surface area (Å²) in [5.74, 6) is -0.112. The zero-order valence-corrected chi connectivity index (χ0v) is 19.7. The zero-order valence-electron chi connectivity index (χ0n) is 17.5. The maximum atomic E-state index is 13.2. The highest BCUT2D eigenvalue weighted by Crippen LogP contribution is 2.33. The van der Waals surface area contributed by atoms with Crippen molar-refractivity contribution < 1.29 is 32.5 Å². The summed E-state index contributed by atoms with van der Waals surface area (Å²) >= 11 is 2.17. The first-order valence-corrected chi connectivity index (χ1v) is 10.9. The minimum absolute atomic E-state index is 0.117. The fourth-order valence-corrected chi connectivity index (χ4v) is 3.49. The number of carbonyl (C=O) groups is 1. The molecular formula is C25H20F3IO4. The Balaban J connectivity index is 1.85. The van der Waals surface area contributed by atoms with Gasteiger partial charge in [0, 0.05) is 3.57 Å². The summed E-state index contributed by atoms with van der Waals surface area (Å²) in [6, 6.07) is 17.6. The van der Waals surface area contributed by atoms with Gasteiger partial charge in [0.15, 0.2) is 6.61 Å². The molecule has 3 aromatic rings. The molecule has 0 radical (unpaired) electrons. The second-order valence-corrected chi connectivity index (χ2v) is 8.37. The van der Waals surface area contributed by atoms with E-state index < -0.39 is 24.3 Å². The Labute approximate surface area is 202 Å². The van der Waals surface area contributed by atoms with E-state index >= 15 is 0 Å². The molecule has 0 unspecified atom stereocenters. The molecule has 0 fully saturated rings. The van der Waals surface area contributed by atoms with Crippen molar-refractivity contribution in [3.63, 3.8) is 0 Å². The minimum atomic E-state index is -4.44. The first-order chi connectivity index (χ1) is 15.6. The summed E-state index contributed by atoms with van der Waals surface area (Å²) in [5, 5.41) is 8.73. The number of benzene rings is 3. The molecule has 4 nitrogen and oxygen atoms in total. The lowest BCUT2D eigenvalue weighted by Crippen LogP contribution is -2.10. The summed E-state index contributed by atoms with van der Waals surface area (Å²) in [7, 11) is 0. The Hall–Kier alpha value is -3.01. The molecule has 0 bridgehead atoms. The van der Waals surface area contributed by atoms with E-state index in [2.05, 4.69) is 22.6 Å². The van der Waals surface area contributed by atoms with Crippen molar-refractivity contribution in [1.82, 2.24) is 0 Å². The maximum Gasteiger partial charge on any atom is 0.416 e. The molecule has 3 rings (SSSR count). The molecule has 8 heteroatoms. The molecule has 172 valence electrons. The highest BCUT2D eigenvalue weighted by Gasteiger charge is 2.30. The van der Waals surface area contributed by atoms with Crippen LogP contribution in [0.3, 0.4) is 0 Å². The molecule has 0 saturated carbocycles. The van der Waals surface area contributed by atoms with Crippen LogP contribution in [0.15, 0.2) is 72.8 Å². The van der Waals surface area contributed by atoms with E-state index in [4.69, 9.17) is 14.6 Å². The van der Waals surface area contributed by atoms with Crippen molar-refractivity contribution in [2.24, 2.45) is 0 Å². The van der Waals surface area contributed by atoms with Crippen LogP contribution in [0.2, 0.25) is 0 Å². The predicted octanol–water partition coefficient (Wildman–Crippen LogP) is 6.59. The van der Waals surface area contributed by atoms with E-state index in [0.29, 0.717) is 28.2 Å². The van der Waals surface area contributed by atoms with Crippen LogP contribution in [0, 0.1) is 10.5 Å². The van der Waals surface area contributed by atoms with Crippen LogP contribution in [0.25, 0.3) is 5.57 Å². The van der Waals surface area contributed by atoms with Gasteiger partial charge in [0.05, 0.1) is 5.56 Å². The van der Waals surface area contributed by atoms with E-state index in [0.717, 1.165) is 21.3 Å². The van der Waals surface area contributed by atoms with E-state index in [9.17, 15) is 18.0 Å². The number of aryl methyl sites for hydroxylation is 1. The second-order valence-electron chi connectivity index (χ2n) is 7.12. The van der Waals surface area contributed by atoms with Crippen LogP contribution in [-0.4, -0.2) is 24.3 Å². The van der Waals surface area contributed by atoms with Crippen molar-refractivity contribution in [3.05, 3.63) is 98.6 Å². The monoisotopic (exact) mass is 568 g/mol. The van der Waals surface area contributed by atoms with E-state index in [-0.39, 0.29) is 6.61 Å². The number of hydrogen-bond acceptors (Lipinski definition) is 3. The quantitative estimate of drug-likeness (QED) is 0.312. The third-order valence-corrected chi connectivity index (χ3v) is 5.41. The molecule has 3 aromatic carbocycles. The van der Waals surface area contributed by atoms with Gasteiger partial charge in [0.1, 0.15) is 18.1 Å². The fourth-order valence-electron chi connectivity index (χ4n) is 3.13. The smallest absolute Gasteiger partial charge is 0.416 e. The number of halogens is 4. The van der Waals surface area contributed by atoms with E-state index in [1.54, 1.807) is 37.3 Å². The SMILES string of the molecule is Cc1cc(OC/C=C(\c2ccc(I)cc2)c2cccc(C(F)(F)F)c2)ccc1OCC(=O)O. The molecule has 0 aromatic heterocycles. The lowest BCUT2D eigenvalue weighted by molar-refractivity contribution is -0.139. The first kappa shape index (κ1) is 24.6. The Morgan fingerprint density at radius 3 is 2.36 bits per heavy atom. The standard InChI is InChI=1S/C25H20F3IO4/c1-16-13-21(9-10-23(16)33-15-24(30)31)32-12-11-22(17-5-7-20(29)8-6-17)18-3-2-4-19(14-18)25(26,27)28/h2-11,13-14H,12,15H2,1H3,(H,30,31)/b22-11+. The summed E-state index contributed by atoms with van der Waals surface area (Å²) < 4.78 is 51.7. The van der Waals surface area contributed by atoms with Gasteiger partial charge < -0.3 is 14.6 Å². The molecule has 0 heterocycles. The Bertz CT molecular complexity index is 1160. The summed E-state index contributed by atoms with van der Waals surface area (Å²) in [4.78, 5) is 10.7. The highest BCUT2D eigenvalue weighted by atomic mass is 127. The van der Waals surface area contributed by atoms with Crippen LogP contribution >= 0.6 is 22.6 Å². The van der Waals surface area contributed by atoms with E-state index in [1.165, 1.54) is 6.07 Å². The first-order valence-electron chi connectivity index (χ1n) is 9.85. The van der Waals surface area contributed by atoms with Crippen LogP contribution in [0.5, 0.6) is 11.5 Å². The third kappa shape index (κ3) is 6.98. The molecule has 0 atom stereocenters. The summed E-state index contributed by atoms with van der Waals surface area (Å²) in [5.41, 5.74) is 1.81. The lowest BCUT2D eigenvalue weighted by atomic mass is 9.96. The van der Waals surface area contributed by atoms with Gasteiger partial charge in [-0.3, -0.25) is 0 Å². The van der Waals surface area contributed by atoms with Crippen LogP contribution in [0.4, 0.5) is 13.2 Å². The van der Waals surface area contributed by atoms with Gasteiger partial charge in [-0.1, -0.05) is 24.3 Å². The number of hydrogen-bond donors (Lipinski definition) is 1. The molecule has 0 aliphatic rings. The maximum absolute atomic E-state index is 13.2. The van der Waals surface area contributed by atoms with E-state index in [1.807, 2.05) is 24.3 Å². The number of rotatable bonds is 8. The van der Waals surface area contributed by atoms with Crippen molar-refractivity contribution in [1.29, 1.82) is 0 Å². The minimum Gasteiger partial charge on any atom is -0.489 e. The number of ether oxygens (including phenoxy) is 2. The largest absolute Gasteiger partial charge is 0.489 e. The summed E-state index contributed by atoms with van der Waals surface area (Å²) in [6.45, 7) is 1.44. The Morgan fingerprint density at radius 2 is 1.73 bits per heavy atom. The van der Waals surface area contributed by atoms with Gasteiger partial charge in [-0.05, 0) is 100 Å². The zero-order chi connectivity index (χ0) is 24.0. The summed E-state index contributed by atoms with van der Waals surface area (Å²) in [6.07, 6.45) is -2.70. The van der Waals surface area contributed by atoms with Crippen molar-refractivity contribution in [2.75, 3.05) is 13.2 Å². The molecule has 33 heavy (non-hydrogen) atoms. The van der Waals surface area contributed by atoms with Gasteiger partial charge in [0.2, 0.25) is 0 Å². The van der Waals surface area contributed by atoms with Gasteiger partial charge in [0.25, 0.3) is 0 Å². The molecule has 0 spiro atoms. The Morgan fingerprint density at radius 1 is 1.00 bits per heavy atom. The Kier molecular flexibility index (Phi) is 8.01.